The summed E-state index contributed by atoms with van der Waals surface area (Å²) in [5, 5.41) is 7.10. The van der Waals surface area contributed by atoms with Gasteiger partial charge in [0.15, 0.2) is 12.0 Å². The largest absolute Gasteiger partial charge is 0.354 e. The van der Waals surface area contributed by atoms with E-state index in [0.717, 1.165) is 16.8 Å². The maximum absolute atomic E-state index is 12.8. The standard InChI is InChI=1S/C17H21N3O3/c1-10-5-7-12(8-6-10)16-14-11(2)18-19-15(14)17(21)20(16)9-13(22-3)23-4/h5-8,13,16H,9H2,1-4H3,(H,18,19). The summed E-state index contributed by atoms with van der Waals surface area (Å²) in [6.07, 6.45) is -0.472. The van der Waals surface area contributed by atoms with Crippen LogP contribution in [0.25, 0.3) is 0 Å². The summed E-state index contributed by atoms with van der Waals surface area (Å²) in [5.41, 5.74) is 4.57. The van der Waals surface area contributed by atoms with Gasteiger partial charge < -0.3 is 14.4 Å². The van der Waals surface area contributed by atoms with Gasteiger partial charge in [0.25, 0.3) is 5.91 Å². The van der Waals surface area contributed by atoms with E-state index in [1.807, 2.05) is 13.8 Å². The van der Waals surface area contributed by atoms with Crippen LogP contribution in [0.1, 0.15) is 38.9 Å². The minimum Gasteiger partial charge on any atom is -0.354 e. The average Bonchev–Trinajstić information content (AvgIpc) is 3.05. The molecule has 3 rings (SSSR count). The molecule has 0 aliphatic carbocycles. The van der Waals surface area contributed by atoms with E-state index in [0.29, 0.717) is 12.2 Å². The Balaban J connectivity index is 2.04. The first-order valence-electron chi connectivity index (χ1n) is 7.54. The number of H-pyrrole nitrogens is 1. The van der Waals surface area contributed by atoms with Crippen molar-refractivity contribution < 1.29 is 14.3 Å². The zero-order valence-electron chi connectivity index (χ0n) is 13.8. The number of fused-ring (bicyclic) bond motifs is 1. The zero-order valence-corrected chi connectivity index (χ0v) is 13.8. The summed E-state index contributed by atoms with van der Waals surface area (Å²) < 4.78 is 10.5. The monoisotopic (exact) mass is 315 g/mol. The first-order chi connectivity index (χ1) is 11.1. The second-order valence-electron chi connectivity index (χ2n) is 5.78. The number of ether oxygens (including phenoxy) is 2. The first-order valence-corrected chi connectivity index (χ1v) is 7.54. The van der Waals surface area contributed by atoms with Gasteiger partial charge in [-0.15, -0.1) is 0 Å². The van der Waals surface area contributed by atoms with E-state index < -0.39 is 6.29 Å². The van der Waals surface area contributed by atoms with E-state index in [2.05, 4.69) is 34.5 Å². The molecule has 1 aliphatic heterocycles. The molecule has 1 aromatic heterocycles. The van der Waals surface area contributed by atoms with Crippen molar-refractivity contribution in [3.05, 3.63) is 52.3 Å². The normalized spacial score (nSPS) is 17.2. The SMILES string of the molecule is COC(CN1C(=O)c2n[nH]c(C)c2C1c1ccc(C)cc1)OC. The van der Waals surface area contributed by atoms with Crippen molar-refractivity contribution in [2.75, 3.05) is 20.8 Å². The lowest BCUT2D eigenvalue weighted by molar-refractivity contribution is -0.113. The molecule has 1 aliphatic rings. The summed E-state index contributed by atoms with van der Waals surface area (Å²) in [4.78, 5) is 14.5. The minimum absolute atomic E-state index is 0.103. The van der Waals surface area contributed by atoms with Crippen LogP contribution in [-0.2, 0) is 9.47 Å². The van der Waals surface area contributed by atoms with Gasteiger partial charge >= 0.3 is 0 Å². The smallest absolute Gasteiger partial charge is 0.275 e. The number of hydrogen-bond acceptors (Lipinski definition) is 4. The Morgan fingerprint density at radius 3 is 2.48 bits per heavy atom. The molecule has 6 nitrogen and oxygen atoms in total. The first kappa shape index (κ1) is 15.7. The third kappa shape index (κ3) is 2.64. The van der Waals surface area contributed by atoms with Crippen LogP contribution in [0.4, 0.5) is 0 Å². The highest BCUT2D eigenvalue weighted by molar-refractivity contribution is 5.98. The van der Waals surface area contributed by atoms with E-state index in [4.69, 9.17) is 9.47 Å². The van der Waals surface area contributed by atoms with Crippen molar-refractivity contribution in [2.45, 2.75) is 26.2 Å². The lowest BCUT2D eigenvalue weighted by Gasteiger charge is -2.29. The number of methoxy groups -OCH3 is 2. The Morgan fingerprint density at radius 1 is 1.22 bits per heavy atom. The van der Waals surface area contributed by atoms with Gasteiger partial charge in [0.05, 0.1) is 12.6 Å². The summed E-state index contributed by atoms with van der Waals surface area (Å²) >= 11 is 0. The Hall–Kier alpha value is -2.18. The lowest BCUT2D eigenvalue weighted by Crippen LogP contribution is -2.38. The van der Waals surface area contributed by atoms with Crippen LogP contribution < -0.4 is 0 Å². The van der Waals surface area contributed by atoms with Crippen LogP contribution in [0.15, 0.2) is 24.3 Å². The van der Waals surface area contributed by atoms with Gasteiger partial charge in [-0.2, -0.15) is 5.10 Å². The number of nitrogens with zero attached hydrogens (tertiary/aromatic N) is 2. The van der Waals surface area contributed by atoms with Gasteiger partial charge in [-0.3, -0.25) is 9.89 Å². The number of carbonyl (C=O) groups is 1. The molecule has 0 radical (unpaired) electrons. The molecular formula is C17H21N3O3. The highest BCUT2D eigenvalue weighted by Crippen LogP contribution is 2.39. The summed E-state index contributed by atoms with van der Waals surface area (Å²) in [7, 11) is 3.14. The van der Waals surface area contributed by atoms with Crippen LogP contribution in [0.2, 0.25) is 0 Å². The average molecular weight is 315 g/mol. The lowest BCUT2D eigenvalue weighted by atomic mass is 9.98. The maximum atomic E-state index is 12.8. The van der Waals surface area contributed by atoms with E-state index >= 15 is 0 Å². The topological polar surface area (TPSA) is 67.5 Å². The molecule has 1 unspecified atom stereocenters. The quantitative estimate of drug-likeness (QED) is 0.859. The van der Waals surface area contributed by atoms with Crippen molar-refractivity contribution in [3.63, 3.8) is 0 Å². The molecule has 0 saturated heterocycles. The number of hydrogen-bond donors (Lipinski definition) is 1. The number of aryl methyl sites for hydroxylation is 2. The van der Waals surface area contributed by atoms with E-state index in [1.54, 1.807) is 19.1 Å². The van der Waals surface area contributed by atoms with Gasteiger partial charge in [-0.05, 0) is 19.4 Å². The number of rotatable bonds is 5. The van der Waals surface area contributed by atoms with E-state index in [-0.39, 0.29) is 11.9 Å². The van der Waals surface area contributed by atoms with Gasteiger partial charge in [-0.25, -0.2) is 0 Å². The molecule has 1 atom stereocenters. The second kappa shape index (κ2) is 6.14. The number of aromatic nitrogens is 2. The molecule has 0 saturated carbocycles. The Kier molecular flexibility index (Phi) is 4.19. The fourth-order valence-electron chi connectivity index (χ4n) is 3.03. The van der Waals surface area contributed by atoms with Crippen LogP contribution in [0, 0.1) is 13.8 Å². The van der Waals surface area contributed by atoms with Crippen molar-refractivity contribution in [1.29, 1.82) is 0 Å². The summed E-state index contributed by atoms with van der Waals surface area (Å²) in [6.45, 7) is 4.33. The fourth-order valence-corrected chi connectivity index (χ4v) is 3.03. The molecule has 1 amide bonds. The Bertz CT molecular complexity index is 704. The van der Waals surface area contributed by atoms with Gasteiger partial charge in [0, 0.05) is 25.5 Å². The highest BCUT2D eigenvalue weighted by atomic mass is 16.7. The molecule has 0 fully saturated rings. The minimum atomic E-state index is -0.472. The van der Waals surface area contributed by atoms with Crippen molar-refractivity contribution in [2.24, 2.45) is 0 Å². The fraction of sp³-hybridized carbons (Fsp3) is 0.412. The van der Waals surface area contributed by atoms with Crippen LogP contribution >= 0.6 is 0 Å². The Morgan fingerprint density at radius 2 is 1.87 bits per heavy atom. The van der Waals surface area contributed by atoms with Crippen molar-refractivity contribution in [1.82, 2.24) is 15.1 Å². The number of benzene rings is 1. The third-order valence-electron chi connectivity index (χ3n) is 4.31. The molecule has 2 aromatic rings. The third-order valence-corrected chi connectivity index (χ3v) is 4.31. The molecule has 23 heavy (non-hydrogen) atoms. The molecule has 1 aromatic carbocycles. The van der Waals surface area contributed by atoms with Crippen LogP contribution in [0.3, 0.4) is 0 Å². The number of carbonyl (C=O) groups excluding carboxylic acids is 1. The molecule has 0 bridgehead atoms. The number of nitrogens with one attached hydrogen (secondary N) is 1. The van der Waals surface area contributed by atoms with Crippen molar-refractivity contribution >= 4 is 5.91 Å². The van der Waals surface area contributed by atoms with Gasteiger partial charge in [0.1, 0.15) is 0 Å². The molecule has 2 heterocycles. The van der Waals surface area contributed by atoms with Crippen LogP contribution in [-0.4, -0.2) is 48.1 Å². The highest BCUT2D eigenvalue weighted by Gasteiger charge is 2.42. The van der Waals surface area contributed by atoms with E-state index in [9.17, 15) is 4.79 Å². The predicted molar refractivity (Wildman–Crippen MR) is 85.2 cm³/mol. The summed E-state index contributed by atoms with van der Waals surface area (Å²) in [5.74, 6) is -0.103. The van der Waals surface area contributed by atoms with Crippen LogP contribution in [0.5, 0.6) is 0 Å². The molecule has 6 heteroatoms. The summed E-state index contributed by atoms with van der Waals surface area (Å²) in [6, 6.07) is 8.03. The zero-order chi connectivity index (χ0) is 16.6. The number of aromatic amines is 1. The predicted octanol–water partition coefficient (Wildman–Crippen LogP) is 2.19. The number of amides is 1. The molecular weight excluding hydrogens is 294 g/mol. The van der Waals surface area contributed by atoms with Gasteiger partial charge in [-0.1, -0.05) is 29.8 Å². The molecule has 0 spiro atoms. The Labute approximate surface area is 135 Å². The second-order valence-corrected chi connectivity index (χ2v) is 5.78. The molecule has 1 N–H and O–H groups in total. The van der Waals surface area contributed by atoms with Crippen molar-refractivity contribution in [3.8, 4) is 0 Å². The maximum Gasteiger partial charge on any atom is 0.275 e. The van der Waals surface area contributed by atoms with Gasteiger partial charge in [0.2, 0.25) is 0 Å². The molecule has 122 valence electrons. The van der Waals surface area contributed by atoms with E-state index in [1.165, 1.54) is 5.56 Å².